The van der Waals surface area contributed by atoms with Gasteiger partial charge in [0.25, 0.3) is 0 Å². The summed E-state index contributed by atoms with van der Waals surface area (Å²) in [5, 5.41) is 2.65. The summed E-state index contributed by atoms with van der Waals surface area (Å²) in [5.74, 6) is 0.00858. The lowest BCUT2D eigenvalue weighted by atomic mass is 10.0. The van der Waals surface area contributed by atoms with Crippen LogP contribution in [0.1, 0.15) is 13.8 Å². The molecular weight excluding hydrogens is 206 g/mol. The fraction of sp³-hybridized carbons (Fsp3) is 0.818. The van der Waals surface area contributed by atoms with E-state index in [0.717, 1.165) is 0 Å². The van der Waals surface area contributed by atoms with E-state index in [0.29, 0.717) is 0 Å². The Kier molecular flexibility index (Phi) is 6.03. The number of carbonyl (C=O) groups excluding carboxylic acids is 2. The molecule has 1 atom stereocenters. The molecule has 5 heteroatoms. The molecule has 0 spiro atoms. The van der Waals surface area contributed by atoms with Gasteiger partial charge in [0.15, 0.2) is 0 Å². The summed E-state index contributed by atoms with van der Waals surface area (Å²) in [7, 11) is 7.05. The minimum absolute atomic E-state index is 0.0584. The van der Waals surface area contributed by atoms with Crippen LogP contribution < -0.4 is 5.32 Å². The van der Waals surface area contributed by atoms with Crippen molar-refractivity contribution in [1.82, 2.24) is 15.1 Å². The second kappa shape index (κ2) is 6.48. The van der Waals surface area contributed by atoms with Crippen molar-refractivity contribution in [3.8, 4) is 0 Å². The van der Waals surface area contributed by atoms with E-state index in [-0.39, 0.29) is 30.3 Å². The van der Waals surface area contributed by atoms with Crippen LogP contribution in [-0.2, 0) is 9.59 Å². The van der Waals surface area contributed by atoms with Crippen molar-refractivity contribution < 1.29 is 9.59 Å². The van der Waals surface area contributed by atoms with Gasteiger partial charge in [0.05, 0.1) is 12.6 Å². The van der Waals surface area contributed by atoms with Crippen LogP contribution in [-0.4, -0.2) is 62.4 Å². The number of amides is 2. The third-order valence-electron chi connectivity index (χ3n) is 2.37. The Morgan fingerprint density at radius 3 is 1.94 bits per heavy atom. The van der Waals surface area contributed by atoms with Gasteiger partial charge in [0, 0.05) is 14.1 Å². The molecule has 0 rings (SSSR count). The molecule has 0 aromatic rings. The van der Waals surface area contributed by atoms with Crippen molar-refractivity contribution in [3.05, 3.63) is 0 Å². The van der Waals surface area contributed by atoms with Crippen molar-refractivity contribution in [1.29, 1.82) is 0 Å². The normalized spacial score (nSPS) is 12.8. The molecule has 0 saturated carbocycles. The molecule has 1 unspecified atom stereocenters. The Morgan fingerprint density at radius 1 is 1.12 bits per heavy atom. The molecule has 16 heavy (non-hydrogen) atoms. The third-order valence-corrected chi connectivity index (χ3v) is 2.37. The Labute approximate surface area is 97.8 Å². The Bertz CT molecular complexity index is 242. The first-order valence-corrected chi connectivity index (χ1v) is 5.41. The smallest absolute Gasteiger partial charge is 0.241 e. The SMILES string of the molecule is CC(C)C(C(=O)NCC(=O)N(C)C)N(C)C. The molecular formula is C11H23N3O2. The first-order chi connectivity index (χ1) is 7.27. The molecule has 0 aliphatic rings. The zero-order valence-electron chi connectivity index (χ0n) is 11.1. The Morgan fingerprint density at radius 2 is 1.62 bits per heavy atom. The highest BCUT2D eigenvalue weighted by atomic mass is 16.2. The maximum Gasteiger partial charge on any atom is 0.241 e. The molecule has 2 amide bonds. The number of carbonyl (C=O) groups is 2. The Hall–Kier alpha value is -1.10. The van der Waals surface area contributed by atoms with E-state index in [9.17, 15) is 9.59 Å². The van der Waals surface area contributed by atoms with E-state index >= 15 is 0 Å². The average molecular weight is 229 g/mol. The van der Waals surface area contributed by atoms with Gasteiger partial charge in [0.1, 0.15) is 0 Å². The Balaban J connectivity index is 4.28. The highest BCUT2D eigenvalue weighted by molar-refractivity contribution is 5.87. The molecule has 0 radical (unpaired) electrons. The predicted molar refractivity (Wildman–Crippen MR) is 64.0 cm³/mol. The number of rotatable bonds is 5. The zero-order valence-corrected chi connectivity index (χ0v) is 11.1. The molecule has 1 N–H and O–H groups in total. The highest BCUT2D eigenvalue weighted by Crippen LogP contribution is 2.07. The molecule has 0 aliphatic heterocycles. The van der Waals surface area contributed by atoms with Crippen LogP contribution in [0.2, 0.25) is 0 Å². The summed E-state index contributed by atoms with van der Waals surface area (Å²) in [6, 6.07) is -0.199. The first kappa shape index (κ1) is 14.9. The summed E-state index contributed by atoms with van der Waals surface area (Å²) in [4.78, 5) is 26.5. The third kappa shape index (κ3) is 4.61. The lowest BCUT2D eigenvalue weighted by molar-refractivity contribution is -0.133. The second-order valence-corrected chi connectivity index (χ2v) is 4.66. The fourth-order valence-corrected chi connectivity index (χ4v) is 1.56. The van der Waals surface area contributed by atoms with Gasteiger partial charge < -0.3 is 10.2 Å². The first-order valence-electron chi connectivity index (χ1n) is 5.41. The predicted octanol–water partition coefficient (Wildman–Crippen LogP) is -0.223. The van der Waals surface area contributed by atoms with Gasteiger partial charge in [-0.2, -0.15) is 0 Å². The molecule has 0 heterocycles. The van der Waals surface area contributed by atoms with Crippen LogP contribution in [0, 0.1) is 5.92 Å². The quantitative estimate of drug-likeness (QED) is 0.709. The maximum atomic E-state index is 11.8. The zero-order chi connectivity index (χ0) is 12.9. The molecule has 0 bridgehead atoms. The maximum absolute atomic E-state index is 11.8. The topological polar surface area (TPSA) is 52.7 Å². The van der Waals surface area contributed by atoms with Crippen LogP contribution in [0.5, 0.6) is 0 Å². The largest absolute Gasteiger partial charge is 0.347 e. The van der Waals surface area contributed by atoms with E-state index in [1.54, 1.807) is 14.1 Å². The van der Waals surface area contributed by atoms with Crippen molar-refractivity contribution in [2.24, 2.45) is 5.92 Å². The summed E-state index contributed by atoms with van der Waals surface area (Å²) < 4.78 is 0. The van der Waals surface area contributed by atoms with Gasteiger partial charge in [-0.3, -0.25) is 14.5 Å². The van der Waals surface area contributed by atoms with Gasteiger partial charge in [-0.25, -0.2) is 0 Å². The number of nitrogens with one attached hydrogen (secondary N) is 1. The van der Waals surface area contributed by atoms with E-state index < -0.39 is 0 Å². The molecule has 0 fully saturated rings. The van der Waals surface area contributed by atoms with Crippen molar-refractivity contribution in [2.45, 2.75) is 19.9 Å². The van der Waals surface area contributed by atoms with Gasteiger partial charge in [-0.15, -0.1) is 0 Å². The van der Waals surface area contributed by atoms with E-state index in [4.69, 9.17) is 0 Å². The number of likely N-dealkylation sites (N-methyl/N-ethyl adjacent to an activating group) is 2. The minimum Gasteiger partial charge on any atom is -0.347 e. The van der Waals surface area contributed by atoms with Gasteiger partial charge in [-0.05, 0) is 20.0 Å². The van der Waals surface area contributed by atoms with Crippen molar-refractivity contribution in [2.75, 3.05) is 34.7 Å². The van der Waals surface area contributed by atoms with Crippen LogP contribution >= 0.6 is 0 Å². The van der Waals surface area contributed by atoms with Gasteiger partial charge in [-0.1, -0.05) is 13.8 Å². The summed E-state index contributed by atoms with van der Waals surface area (Å²) >= 11 is 0. The molecule has 0 aliphatic carbocycles. The van der Waals surface area contributed by atoms with Gasteiger partial charge >= 0.3 is 0 Å². The molecule has 94 valence electrons. The molecule has 0 saturated heterocycles. The second-order valence-electron chi connectivity index (χ2n) is 4.66. The lowest BCUT2D eigenvalue weighted by Gasteiger charge is -2.26. The van der Waals surface area contributed by atoms with Crippen molar-refractivity contribution in [3.63, 3.8) is 0 Å². The number of nitrogens with zero attached hydrogens (tertiary/aromatic N) is 2. The summed E-state index contributed by atoms with van der Waals surface area (Å²) in [6.07, 6.45) is 0. The van der Waals surface area contributed by atoms with Crippen molar-refractivity contribution >= 4 is 11.8 Å². The molecule has 0 aromatic carbocycles. The monoisotopic (exact) mass is 229 g/mol. The van der Waals surface area contributed by atoms with Gasteiger partial charge in [0.2, 0.25) is 11.8 Å². The van der Waals surface area contributed by atoms with Crippen LogP contribution in [0.4, 0.5) is 0 Å². The fourth-order valence-electron chi connectivity index (χ4n) is 1.56. The standard InChI is InChI=1S/C11H23N3O2/c1-8(2)10(14(5)6)11(16)12-7-9(15)13(3)4/h8,10H,7H2,1-6H3,(H,12,16). The van der Waals surface area contributed by atoms with E-state index in [1.807, 2.05) is 32.8 Å². The number of hydrogen-bond acceptors (Lipinski definition) is 3. The lowest BCUT2D eigenvalue weighted by Crippen LogP contribution is -2.48. The van der Waals surface area contributed by atoms with Crippen LogP contribution in [0.3, 0.4) is 0 Å². The summed E-state index contributed by atoms with van der Waals surface area (Å²) in [6.45, 7) is 4.03. The number of hydrogen-bond donors (Lipinski definition) is 1. The van der Waals surface area contributed by atoms with Crippen LogP contribution in [0.25, 0.3) is 0 Å². The minimum atomic E-state index is -0.199. The van der Waals surface area contributed by atoms with Crippen LogP contribution in [0.15, 0.2) is 0 Å². The molecule has 0 aromatic heterocycles. The highest BCUT2D eigenvalue weighted by Gasteiger charge is 2.24. The summed E-state index contributed by atoms with van der Waals surface area (Å²) in [5.41, 5.74) is 0. The van der Waals surface area contributed by atoms with E-state index in [1.165, 1.54) is 4.90 Å². The average Bonchev–Trinajstić information content (AvgIpc) is 2.12. The van der Waals surface area contributed by atoms with E-state index in [2.05, 4.69) is 5.32 Å². The molecule has 5 nitrogen and oxygen atoms in total.